The predicted octanol–water partition coefficient (Wildman–Crippen LogP) is 4.55. The van der Waals surface area contributed by atoms with Gasteiger partial charge in [-0.2, -0.15) is 0 Å². The van der Waals surface area contributed by atoms with Gasteiger partial charge in [0.15, 0.2) is 0 Å². The Balaban J connectivity index is 2.11. The molecule has 174 valence electrons. The van der Waals surface area contributed by atoms with Crippen LogP contribution < -0.4 is 11.5 Å². The van der Waals surface area contributed by atoms with Gasteiger partial charge >= 0.3 is 0 Å². The number of aromatic hydroxyl groups is 2. The summed E-state index contributed by atoms with van der Waals surface area (Å²) < 4.78 is 0. The van der Waals surface area contributed by atoms with Crippen LogP contribution >= 0.6 is 0 Å². The van der Waals surface area contributed by atoms with Gasteiger partial charge in [-0.05, 0) is 58.7 Å². The highest BCUT2D eigenvalue weighted by atomic mass is 16.3. The molecule has 0 spiro atoms. The number of benzene rings is 4. The fraction of sp³-hybridized carbons (Fsp3) is 0.0303. The zero-order valence-electron chi connectivity index (χ0n) is 19.6. The molecule has 4 aromatic rings. The maximum absolute atomic E-state index is 10.2. The first kappa shape index (κ1) is 23.1. The lowest BCUT2D eigenvalue weighted by molar-refractivity contribution is 0.477. The van der Waals surface area contributed by atoms with Crippen molar-refractivity contribution in [2.45, 2.75) is 5.41 Å². The Kier molecular flexibility index (Phi) is 5.13. The molecule has 1 aliphatic rings. The van der Waals surface area contributed by atoms with E-state index in [1.807, 2.05) is 12.1 Å². The van der Waals surface area contributed by atoms with Crippen LogP contribution in [0.25, 0.3) is 11.1 Å². The number of nitrogens with two attached hydrogens (primary N) is 2. The molecule has 0 amide bonds. The fourth-order valence-corrected chi connectivity index (χ4v) is 5.40. The molecule has 4 aromatic carbocycles. The van der Waals surface area contributed by atoms with E-state index in [1.54, 1.807) is 36.4 Å². The zero-order chi connectivity index (χ0) is 26.5. The van der Waals surface area contributed by atoms with Crippen LogP contribution in [0.2, 0.25) is 0 Å². The van der Waals surface area contributed by atoms with Crippen LogP contribution in [-0.4, -0.2) is 10.2 Å². The second kappa shape index (κ2) is 8.22. The molecular formula is C33H20N2O2. The number of phenolic OH excluding ortho intramolecular Hbond substituents is 2. The molecule has 0 aliphatic heterocycles. The van der Waals surface area contributed by atoms with Crippen molar-refractivity contribution in [1.82, 2.24) is 0 Å². The van der Waals surface area contributed by atoms with Gasteiger partial charge in [0.1, 0.15) is 11.5 Å². The Morgan fingerprint density at radius 3 is 1.30 bits per heavy atom. The highest BCUT2D eigenvalue weighted by Gasteiger charge is 2.48. The van der Waals surface area contributed by atoms with E-state index in [2.05, 4.69) is 23.7 Å². The zero-order valence-corrected chi connectivity index (χ0v) is 19.6. The van der Waals surface area contributed by atoms with Gasteiger partial charge in [0, 0.05) is 33.4 Å². The Bertz CT molecular complexity index is 1680. The molecule has 0 saturated carbocycles. The van der Waals surface area contributed by atoms with Crippen molar-refractivity contribution in [2.24, 2.45) is 0 Å². The smallest absolute Gasteiger partial charge is 0.138 e. The molecule has 0 atom stereocenters. The minimum Gasteiger partial charge on any atom is -0.506 e. The molecule has 0 radical (unpaired) electrons. The molecule has 0 unspecified atom stereocenters. The van der Waals surface area contributed by atoms with Gasteiger partial charge in [-0.1, -0.05) is 47.9 Å². The molecule has 6 N–H and O–H groups in total. The monoisotopic (exact) mass is 476 g/mol. The molecule has 0 aromatic heterocycles. The maximum atomic E-state index is 10.2. The second-order valence-corrected chi connectivity index (χ2v) is 8.70. The van der Waals surface area contributed by atoms with Crippen LogP contribution in [0.4, 0.5) is 11.4 Å². The van der Waals surface area contributed by atoms with Crippen LogP contribution in [0.15, 0.2) is 60.7 Å². The average Bonchev–Trinajstić information content (AvgIpc) is 3.21. The molecule has 1 aliphatic carbocycles. The summed E-state index contributed by atoms with van der Waals surface area (Å²) >= 11 is 0. The van der Waals surface area contributed by atoms with Crippen LogP contribution in [0.5, 0.6) is 11.5 Å². The van der Waals surface area contributed by atoms with E-state index in [1.165, 1.54) is 12.1 Å². The standard InChI is InChI=1S/C33H20N2O2/c1-5-19-9-13-25-31(23(19)7-3)32-24(8-4)20(6-2)10-14-26(32)33(25,21-11-15-29(36)27(34)17-21)22-12-16-30(37)28(35)18-22/h1-4,9-18,36-37H,34-35H2. The number of fused-ring (bicyclic) bond motifs is 3. The van der Waals surface area contributed by atoms with Crippen molar-refractivity contribution in [3.8, 4) is 72.0 Å². The molecule has 4 heteroatoms. The molecular weight excluding hydrogens is 456 g/mol. The fourth-order valence-electron chi connectivity index (χ4n) is 5.40. The highest BCUT2D eigenvalue weighted by Crippen LogP contribution is 2.59. The Hall–Kier alpha value is -5.68. The summed E-state index contributed by atoms with van der Waals surface area (Å²) in [5.41, 5.74) is 18.2. The van der Waals surface area contributed by atoms with Crippen LogP contribution in [0.3, 0.4) is 0 Å². The molecule has 0 saturated heterocycles. The Morgan fingerprint density at radius 2 is 0.973 bits per heavy atom. The minimum absolute atomic E-state index is 0.0541. The summed E-state index contributed by atoms with van der Waals surface area (Å²) in [4.78, 5) is 0. The molecule has 0 bridgehead atoms. The van der Waals surface area contributed by atoms with Crippen LogP contribution in [0.1, 0.15) is 44.5 Å². The summed E-state index contributed by atoms with van der Waals surface area (Å²) in [6.07, 6.45) is 23.7. The number of rotatable bonds is 2. The van der Waals surface area contributed by atoms with Crippen molar-refractivity contribution in [1.29, 1.82) is 0 Å². The first-order chi connectivity index (χ1) is 17.8. The Morgan fingerprint density at radius 1 is 0.568 bits per heavy atom. The van der Waals surface area contributed by atoms with Crippen molar-refractivity contribution in [2.75, 3.05) is 11.5 Å². The first-order valence-corrected chi connectivity index (χ1v) is 11.2. The number of terminal acetylenes is 4. The topological polar surface area (TPSA) is 92.5 Å². The van der Waals surface area contributed by atoms with E-state index in [-0.39, 0.29) is 22.9 Å². The lowest BCUT2D eigenvalue weighted by Gasteiger charge is -2.34. The van der Waals surface area contributed by atoms with E-state index < -0.39 is 5.41 Å². The van der Waals surface area contributed by atoms with Crippen LogP contribution in [0, 0.1) is 49.4 Å². The third-order valence-electron chi connectivity index (χ3n) is 6.99. The first-order valence-electron chi connectivity index (χ1n) is 11.2. The summed E-state index contributed by atoms with van der Waals surface area (Å²) in [6.45, 7) is 0. The van der Waals surface area contributed by atoms with Crippen molar-refractivity contribution < 1.29 is 10.2 Å². The number of hydrogen-bond donors (Lipinski definition) is 4. The van der Waals surface area contributed by atoms with E-state index in [0.29, 0.717) is 33.4 Å². The summed E-state index contributed by atoms with van der Waals surface area (Å²) in [6, 6.07) is 17.4. The van der Waals surface area contributed by atoms with Gasteiger partial charge in [0.25, 0.3) is 0 Å². The normalized spacial score (nSPS) is 12.3. The Labute approximate surface area is 215 Å². The second-order valence-electron chi connectivity index (χ2n) is 8.70. The predicted molar refractivity (Wildman–Crippen MR) is 148 cm³/mol. The van der Waals surface area contributed by atoms with Crippen LogP contribution in [-0.2, 0) is 5.41 Å². The molecule has 37 heavy (non-hydrogen) atoms. The van der Waals surface area contributed by atoms with Gasteiger partial charge < -0.3 is 21.7 Å². The number of phenols is 2. The van der Waals surface area contributed by atoms with Crippen molar-refractivity contribution >= 4 is 11.4 Å². The van der Waals surface area contributed by atoms with E-state index in [9.17, 15) is 10.2 Å². The van der Waals surface area contributed by atoms with E-state index in [4.69, 9.17) is 37.2 Å². The number of hydrogen-bond acceptors (Lipinski definition) is 4. The van der Waals surface area contributed by atoms with Gasteiger partial charge in [-0.25, -0.2) is 0 Å². The summed E-state index contributed by atoms with van der Waals surface area (Å²) in [7, 11) is 0. The van der Waals surface area contributed by atoms with Crippen molar-refractivity contribution in [3.63, 3.8) is 0 Å². The van der Waals surface area contributed by atoms with E-state index in [0.717, 1.165) is 22.3 Å². The molecule has 0 heterocycles. The number of anilines is 2. The lowest BCUT2D eigenvalue weighted by Crippen LogP contribution is -2.29. The SMILES string of the molecule is C#Cc1ccc2c(c1C#C)-c1c(ccc(C#C)c1C#C)C2(c1ccc(O)c(N)c1)c1ccc(O)c(N)c1. The molecule has 5 rings (SSSR count). The number of nitrogen functional groups attached to an aromatic ring is 2. The highest BCUT2D eigenvalue weighted by molar-refractivity contribution is 5.95. The minimum atomic E-state index is -1.04. The lowest BCUT2D eigenvalue weighted by atomic mass is 9.67. The van der Waals surface area contributed by atoms with Gasteiger partial charge in [0.05, 0.1) is 16.8 Å². The third-order valence-corrected chi connectivity index (χ3v) is 6.99. The largest absolute Gasteiger partial charge is 0.506 e. The third kappa shape index (κ3) is 2.98. The molecule has 4 nitrogen and oxygen atoms in total. The van der Waals surface area contributed by atoms with Crippen molar-refractivity contribution in [3.05, 3.63) is 105 Å². The summed E-state index contributed by atoms with van der Waals surface area (Å²) in [5, 5.41) is 20.5. The molecule has 0 fully saturated rings. The van der Waals surface area contributed by atoms with Gasteiger partial charge in [0.2, 0.25) is 0 Å². The van der Waals surface area contributed by atoms with Gasteiger partial charge in [-0.15, -0.1) is 25.7 Å². The average molecular weight is 477 g/mol. The van der Waals surface area contributed by atoms with E-state index >= 15 is 0 Å². The summed E-state index contributed by atoms with van der Waals surface area (Å²) in [5.74, 6) is 10.8. The van der Waals surface area contributed by atoms with Gasteiger partial charge in [-0.3, -0.25) is 0 Å². The maximum Gasteiger partial charge on any atom is 0.138 e. The quantitative estimate of drug-likeness (QED) is 0.171.